The van der Waals surface area contributed by atoms with E-state index < -0.39 is 35.7 Å². The van der Waals surface area contributed by atoms with Gasteiger partial charge in [0, 0.05) is 13.0 Å². The van der Waals surface area contributed by atoms with Crippen LogP contribution in [0.5, 0.6) is 5.75 Å². The second-order valence-electron chi connectivity index (χ2n) is 14.2. The number of nitrogens with zero attached hydrogens (tertiary/aromatic N) is 1. The molecule has 1 aromatic rings. The lowest BCUT2D eigenvalue weighted by molar-refractivity contribution is -0.525. The van der Waals surface area contributed by atoms with Crippen molar-refractivity contribution < 1.29 is 28.7 Å². The summed E-state index contributed by atoms with van der Waals surface area (Å²) in [5, 5.41) is 26.1. The summed E-state index contributed by atoms with van der Waals surface area (Å²) in [7, 11) is 1.02. The van der Waals surface area contributed by atoms with Crippen LogP contribution in [0.25, 0.3) is 0 Å². The van der Waals surface area contributed by atoms with E-state index >= 15 is 0 Å². The number of hydrazine groups is 1. The van der Waals surface area contributed by atoms with Crippen LogP contribution in [-0.2, 0) is 25.3 Å². The molecular weight excluding hydrogens is 591 g/mol. The molecule has 1 saturated heterocycles. The van der Waals surface area contributed by atoms with Crippen molar-refractivity contribution in [2.45, 2.75) is 110 Å². The summed E-state index contributed by atoms with van der Waals surface area (Å²) in [5.41, 5.74) is 2.62. The van der Waals surface area contributed by atoms with Gasteiger partial charge in [-0.1, -0.05) is 45.3 Å². The van der Waals surface area contributed by atoms with Crippen molar-refractivity contribution in [2.24, 2.45) is 23.2 Å². The number of nitro groups is 1. The first-order chi connectivity index (χ1) is 21.7. The number of aryl methyl sites for hydroxylation is 1. The fourth-order valence-corrected chi connectivity index (χ4v) is 7.53. The maximum absolute atomic E-state index is 13.8. The summed E-state index contributed by atoms with van der Waals surface area (Å²) in [6.07, 6.45) is 4.91. The Bertz CT molecular complexity index is 1250. The Morgan fingerprint density at radius 3 is 2.50 bits per heavy atom. The molecule has 4 fully saturated rings. The summed E-state index contributed by atoms with van der Waals surface area (Å²) in [4.78, 5) is 37.5. The monoisotopic (exact) mass is 642 g/mol. The minimum Gasteiger partial charge on any atom is -0.497 e. The molecule has 6 atom stereocenters. The predicted octanol–water partition coefficient (Wildman–Crippen LogP) is 3.39. The van der Waals surface area contributed by atoms with Crippen LogP contribution in [0.4, 0.5) is 0 Å². The number of methoxy groups -OCH3 is 1. The SMILES string of the molecule is COc1ccc(CCCC(=O)N[C@@H](CCCNC(=N)N[N+](=O)[O-])C(=O)N[C@@H](CC(C)C)B2O[C@@H]3C[C@@H]4C[C@@H](C4(C)C)[C@]3(C)O2)cc1. The third kappa shape index (κ3) is 8.50. The smallest absolute Gasteiger partial charge is 0.481 e. The van der Waals surface area contributed by atoms with Crippen LogP contribution in [-0.4, -0.2) is 67.3 Å². The van der Waals surface area contributed by atoms with Gasteiger partial charge in [0.2, 0.25) is 11.8 Å². The van der Waals surface area contributed by atoms with E-state index in [4.69, 9.17) is 19.5 Å². The third-order valence-corrected chi connectivity index (χ3v) is 10.2. The molecule has 1 aromatic carbocycles. The Balaban J connectivity index is 1.38. The lowest BCUT2D eigenvalue weighted by Gasteiger charge is -2.64. The van der Waals surface area contributed by atoms with Gasteiger partial charge in [0.25, 0.3) is 5.96 Å². The van der Waals surface area contributed by atoms with Crippen LogP contribution in [0.15, 0.2) is 24.3 Å². The molecule has 1 heterocycles. The average Bonchev–Trinajstić information content (AvgIpc) is 3.35. The molecule has 5 rings (SSSR count). The highest BCUT2D eigenvalue weighted by atomic mass is 16.7. The average molecular weight is 643 g/mol. The summed E-state index contributed by atoms with van der Waals surface area (Å²) in [5.74, 6) is 0.613. The fourth-order valence-electron chi connectivity index (χ4n) is 7.53. The number of carbonyl (C=O) groups is 2. The van der Waals surface area contributed by atoms with E-state index in [1.54, 1.807) is 12.5 Å². The number of nitrogens with one attached hydrogen (secondary N) is 5. The van der Waals surface area contributed by atoms with Gasteiger partial charge in [-0.15, -0.1) is 0 Å². The van der Waals surface area contributed by atoms with E-state index in [-0.39, 0.29) is 48.6 Å². The molecule has 2 bridgehead atoms. The van der Waals surface area contributed by atoms with Crippen molar-refractivity contribution in [3.63, 3.8) is 0 Å². The molecule has 3 saturated carbocycles. The number of amides is 2. The molecule has 0 spiro atoms. The molecule has 46 heavy (non-hydrogen) atoms. The minimum atomic E-state index is -0.839. The van der Waals surface area contributed by atoms with E-state index in [1.165, 1.54) is 0 Å². The van der Waals surface area contributed by atoms with Crippen molar-refractivity contribution >= 4 is 24.9 Å². The van der Waals surface area contributed by atoms with Crippen LogP contribution in [0.3, 0.4) is 0 Å². The number of hydrogen-bond acceptors (Lipinski definition) is 8. The molecule has 0 aromatic heterocycles. The second-order valence-corrected chi connectivity index (χ2v) is 14.2. The van der Waals surface area contributed by atoms with Gasteiger partial charge in [0.05, 0.1) is 24.8 Å². The first-order valence-electron chi connectivity index (χ1n) is 16.5. The van der Waals surface area contributed by atoms with Gasteiger partial charge < -0.3 is 30.0 Å². The number of benzene rings is 1. The molecule has 1 aliphatic heterocycles. The van der Waals surface area contributed by atoms with Crippen LogP contribution >= 0.6 is 0 Å². The van der Waals surface area contributed by atoms with Crippen LogP contribution in [0.2, 0.25) is 0 Å². The Morgan fingerprint density at radius 1 is 1.15 bits per heavy atom. The molecule has 0 unspecified atom stereocenters. The lowest BCUT2D eigenvalue weighted by atomic mass is 9.43. The van der Waals surface area contributed by atoms with Gasteiger partial charge in [-0.05, 0) is 92.7 Å². The third-order valence-electron chi connectivity index (χ3n) is 10.2. The van der Waals surface area contributed by atoms with Crippen molar-refractivity contribution in [2.75, 3.05) is 13.7 Å². The van der Waals surface area contributed by atoms with E-state index in [2.05, 4.69) is 50.6 Å². The summed E-state index contributed by atoms with van der Waals surface area (Å²) in [6, 6.07) is 6.86. The normalized spacial score (nSPS) is 25.5. The van der Waals surface area contributed by atoms with E-state index in [9.17, 15) is 19.7 Å². The highest BCUT2D eigenvalue weighted by Gasteiger charge is 2.68. The van der Waals surface area contributed by atoms with Gasteiger partial charge in [-0.3, -0.25) is 15.0 Å². The maximum Gasteiger partial charge on any atom is 0.481 e. The highest BCUT2D eigenvalue weighted by Crippen LogP contribution is 2.65. The molecule has 14 heteroatoms. The zero-order valence-corrected chi connectivity index (χ0v) is 28.0. The van der Waals surface area contributed by atoms with Gasteiger partial charge in [-0.2, -0.15) is 0 Å². The van der Waals surface area contributed by atoms with Gasteiger partial charge in [-0.25, -0.2) is 10.1 Å². The van der Waals surface area contributed by atoms with Crippen molar-refractivity contribution in [1.82, 2.24) is 21.4 Å². The number of carbonyl (C=O) groups excluding carboxylic acids is 2. The van der Waals surface area contributed by atoms with Gasteiger partial charge in [0.1, 0.15) is 11.8 Å². The van der Waals surface area contributed by atoms with Crippen molar-refractivity contribution in [3.8, 4) is 5.75 Å². The Hall–Kier alpha value is -3.39. The van der Waals surface area contributed by atoms with E-state index in [0.717, 1.165) is 24.2 Å². The number of guanidine groups is 1. The topological polar surface area (TPSA) is 177 Å². The minimum absolute atomic E-state index is 0.0174. The maximum atomic E-state index is 13.8. The molecule has 5 N–H and O–H groups in total. The molecule has 254 valence electrons. The van der Waals surface area contributed by atoms with Gasteiger partial charge >= 0.3 is 7.12 Å². The fraction of sp³-hybridized carbons (Fsp3) is 0.719. The number of hydrogen-bond donors (Lipinski definition) is 5. The Morgan fingerprint density at radius 2 is 1.87 bits per heavy atom. The molecule has 4 aliphatic rings. The predicted molar refractivity (Wildman–Crippen MR) is 174 cm³/mol. The molecular formula is C32H51BN6O7. The first kappa shape index (κ1) is 35.5. The zero-order chi connectivity index (χ0) is 33.6. The van der Waals surface area contributed by atoms with Crippen LogP contribution in [0.1, 0.15) is 85.1 Å². The molecule has 0 radical (unpaired) electrons. The second kappa shape index (κ2) is 15.0. The summed E-state index contributed by atoms with van der Waals surface area (Å²) >= 11 is 0. The largest absolute Gasteiger partial charge is 0.497 e. The standard InChI is InChI=1S/C32H51BN6O7/c1-20(2)17-27(33-45-26-19-22-18-25(31(22,3)4)32(26,5)46-33)37-29(41)24(10-8-16-35-30(34)38-39(42)43)36-28(40)11-7-9-21-12-14-23(44-6)15-13-21/h12-15,20,22,24-27H,7-11,16-19H2,1-6H3,(H,36,40)(H,37,41)(H3,34,35,38)/t22-,24-,25-,26+,27-,32-/m0/s1. The first-order valence-corrected chi connectivity index (χ1v) is 16.5. The Labute approximate surface area is 272 Å². The quantitative estimate of drug-likeness (QED) is 0.0452. The highest BCUT2D eigenvalue weighted by molar-refractivity contribution is 6.48. The zero-order valence-electron chi connectivity index (χ0n) is 28.0. The van der Waals surface area contributed by atoms with E-state index in [0.29, 0.717) is 37.5 Å². The Kier molecular flexibility index (Phi) is 11.6. The molecule has 2 amide bonds. The molecule has 13 nitrogen and oxygen atoms in total. The van der Waals surface area contributed by atoms with E-state index in [1.807, 2.05) is 24.3 Å². The number of ether oxygens (including phenoxy) is 1. The van der Waals surface area contributed by atoms with Crippen LogP contribution in [0, 0.1) is 38.7 Å². The van der Waals surface area contributed by atoms with Crippen molar-refractivity contribution in [3.05, 3.63) is 39.9 Å². The summed E-state index contributed by atoms with van der Waals surface area (Å²) < 4.78 is 18.4. The molecule has 3 aliphatic carbocycles. The van der Waals surface area contributed by atoms with Crippen LogP contribution < -0.4 is 26.1 Å². The van der Waals surface area contributed by atoms with Gasteiger partial charge in [0.15, 0.2) is 5.03 Å². The summed E-state index contributed by atoms with van der Waals surface area (Å²) in [6.45, 7) is 11.2. The lowest BCUT2D eigenvalue weighted by Crippen LogP contribution is -2.65. The van der Waals surface area contributed by atoms with Crippen molar-refractivity contribution in [1.29, 1.82) is 5.41 Å². The number of rotatable bonds is 16.